The number of rotatable bonds is 2. The molecule has 1 saturated heterocycles. The van der Waals surface area contributed by atoms with Crippen molar-refractivity contribution in [3.63, 3.8) is 0 Å². The molecule has 2 aromatic rings. The first-order valence-corrected chi connectivity index (χ1v) is 6.15. The van der Waals surface area contributed by atoms with Gasteiger partial charge in [0.25, 0.3) is 0 Å². The summed E-state index contributed by atoms with van der Waals surface area (Å²) in [7, 11) is 0. The number of nitrogens with one attached hydrogen (secondary N) is 1. The molecular formula is C13H13N5O. The zero-order chi connectivity index (χ0) is 13.1. The van der Waals surface area contributed by atoms with E-state index in [1.807, 2.05) is 6.07 Å². The van der Waals surface area contributed by atoms with E-state index in [4.69, 9.17) is 9.68 Å². The lowest BCUT2D eigenvalue weighted by atomic mass is 10.2. The van der Waals surface area contributed by atoms with Crippen LogP contribution in [0.4, 0.5) is 5.95 Å². The standard InChI is InChI=1S/C13H13N5O/c14-9-10-8-11(12-2-1-7-19-12)17-13(16-10)18-5-3-15-4-6-18/h1-2,7-8,15H,3-6H2. The molecule has 0 radical (unpaired) electrons. The fourth-order valence-corrected chi connectivity index (χ4v) is 2.05. The van der Waals surface area contributed by atoms with Gasteiger partial charge < -0.3 is 14.6 Å². The first kappa shape index (κ1) is 11.7. The van der Waals surface area contributed by atoms with Crippen molar-refractivity contribution in [2.75, 3.05) is 31.1 Å². The predicted octanol–water partition coefficient (Wildman–Crippen LogP) is 1.02. The van der Waals surface area contributed by atoms with Crippen LogP contribution in [-0.2, 0) is 0 Å². The number of anilines is 1. The van der Waals surface area contributed by atoms with Crippen LogP contribution >= 0.6 is 0 Å². The molecule has 3 heterocycles. The fourth-order valence-electron chi connectivity index (χ4n) is 2.05. The van der Waals surface area contributed by atoms with E-state index in [2.05, 4.69) is 26.3 Å². The number of piperazine rings is 1. The molecule has 0 aromatic carbocycles. The average Bonchev–Trinajstić information content (AvgIpc) is 3.02. The first-order chi connectivity index (χ1) is 9.36. The summed E-state index contributed by atoms with van der Waals surface area (Å²) in [5, 5.41) is 12.4. The molecule has 1 N–H and O–H groups in total. The second-order valence-electron chi connectivity index (χ2n) is 4.26. The quantitative estimate of drug-likeness (QED) is 0.863. The van der Waals surface area contributed by atoms with Gasteiger partial charge in [-0.25, -0.2) is 9.97 Å². The number of hydrogen-bond acceptors (Lipinski definition) is 6. The molecule has 0 spiro atoms. The van der Waals surface area contributed by atoms with Crippen molar-refractivity contribution in [3.8, 4) is 17.5 Å². The van der Waals surface area contributed by atoms with Crippen molar-refractivity contribution in [2.24, 2.45) is 0 Å². The molecule has 6 heteroatoms. The summed E-state index contributed by atoms with van der Waals surface area (Å²) in [5.41, 5.74) is 1.00. The van der Waals surface area contributed by atoms with Gasteiger partial charge in [-0.15, -0.1) is 0 Å². The van der Waals surface area contributed by atoms with Crippen molar-refractivity contribution in [3.05, 3.63) is 30.2 Å². The van der Waals surface area contributed by atoms with E-state index in [9.17, 15) is 0 Å². The minimum atomic E-state index is 0.356. The molecule has 19 heavy (non-hydrogen) atoms. The number of aromatic nitrogens is 2. The predicted molar refractivity (Wildman–Crippen MR) is 69.5 cm³/mol. The van der Waals surface area contributed by atoms with Crippen LogP contribution in [0.3, 0.4) is 0 Å². The summed E-state index contributed by atoms with van der Waals surface area (Å²) in [6.45, 7) is 3.48. The Balaban J connectivity index is 2.00. The Morgan fingerprint density at radius 3 is 2.84 bits per heavy atom. The van der Waals surface area contributed by atoms with Crippen molar-refractivity contribution < 1.29 is 4.42 Å². The highest BCUT2D eigenvalue weighted by molar-refractivity contribution is 5.56. The third kappa shape index (κ3) is 2.41. The van der Waals surface area contributed by atoms with Gasteiger partial charge in [-0.2, -0.15) is 5.26 Å². The second-order valence-corrected chi connectivity index (χ2v) is 4.26. The number of furan rings is 1. The highest BCUT2D eigenvalue weighted by Crippen LogP contribution is 2.21. The van der Waals surface area contributed by atoms with E-state index in [0.29, 0.717) is 23.1 Å². The Morgan fingerprint density at radius 1 is 1.32 bits per heavy atom. The van der Waals surface area contributed by atoms with Gasteiger partial charge in [-0.3, -0.25) is 0 Å². The van der Waals surface area contributed by atoms with Gasteiger partial charge >= 0.3 is 0 Å². The summed E-state index contributed by atoms with van der Waals surface area (Å²) in [4.78, 5) is 10.8. The highest BCUT2D eigenvalue weighted by atomic mass is 16.3. The van der Waals surface area contributed by atoms with Crippen LogP contribution in [0.15, 0.2) is 28.9 Å². The maximum absolute atomic E-state index is 9.08. The first-order valence-electron chi connectivity index (χ1n) is 6.15. The summed E-state index contributed by atoms with van der Waals surface area (Å²) in [5.74, 6) is 1.24. The third-order valence-corrected chi connectivity index (χ3v) is 3.00. The van der Waals surface area contributed by atoms with Crippen molar-refractivity contribution >= 4 is 5.95 Å². The largest absolute Gasteiger partial charge is 0.463 e. The molecule has 0 atom stereocenters. The van der Waals surface area contributed by atoms with Crippen LogP contribution in [0, 0.1) is 11.3 Å². The molecule has 3 rings (SSSR count). The Morgan fingerprint density at radius 2 is 2.16 bits per heavy atom. The van der Waals surface area contributed by atoms with Gasteiger partial charge in [0.2, 0.25) is 5.95 Å². The zero-order valence-electron chi connectivity index (χ0n) is 10.3. The van der Waals surface area contributed by atoms with E-state index < -0.39 is 0 Å². The van der Waals surface area contributed by atoms with Crippen LogP contribution < -0.4 is 10.2 Å². The van der Waals surface area contributed by atoms with E-state index >= 15 is 0 Å². The molecule has 0 aliphatic carbocycles. The van der Waals surface area contributed by atoms with Crippen molar-refractivity contribution in [1.29, 1.82) is 5.26 Å². The average molecular weight is 255 g/mol. The zero-order valence-corrected chi connectivity index (χ0v) is 10.3. The minimum absolute atomic E-state index is 0.356. The van der Waals surface area contributed by atoms with Crippen LogP contribution in [0.2, 0.25) is 0 Å². The fraction of sp³-hybridized carbons (Fsp3) is 0.308. The number of hydrogen-bond donors (Lipinski definition) is 1. The SMILES string of the molecule is N#Cc1cc(-c2ccco2)nc(N2CCNCC2)n1. The molecule has 1 fully saturated rings. The molecule has 2 aromatic heterocycles. The van der Waals surface area contributed by atoms with E-state index in [1.54, 1.807) is 18.4 Å². The van der Waals surface area contributed by atoms with Crippen LogP contribution in [0.25, 0.3) is 11.5 Å². The Bertz CT molecular complexity index is 596. The van der Waals surface area contributed by atoms with Crippen LogP contribution in [0.1, 0.15) is 5.69 Å². The van der Waals surface area contributed by atoms with Gasteiger partial charge in [-0.1, -0.05) is 0 Å². The maximum Gasteiger partial charge on any atom is 0.227 e. The molecule has 6 nitrogen and oxygen atoms in total. The maximum atomic E-state index is 9.08. The lowest BCUT2D eigenvalue weighted by molar-refractivity contribution is 0.572. The monoisotopic (exact) mass is 255 g/mol. The molecule has 1 aliphatic rings. The van der Waals surface area contributed by atoms with Crippen molar-refractivity contribution in [1.82, 2.24) is 15.3 Å². The minimum Gasteiger partial charge on any atom is -0.463 e. The summed E-state index contributed by atoms with van der Waals surface area (Å²) in [6, 6.07) is 7.34. The Kier molecular flexibility index (Phi) is 3.12. The lowest BCUT2D eigenvalue weighted by Gasteiger charge is -2.27. The molecule has 1 aliphatic heterocycles. The summed E-state index contributed by atoms with van der Waals surface area (Å²) < 4.78 is 5.33. The van der Waals surface area contributed by atoms with Gasteiger partial charge in [0, 0.05) is 32.2 Å². The lowest BCUT2D eigenvalue weighted by Crippen LogP contribution is -2.44. The van der Waals surface area contributed by atoms with Crippen LogP contribution in [-0.4, -0.2) is 36.1 Å². The van der Waals surface area contributed by atoms with Gasteiger partial charge in [0.15, 0.2) is 5.76 Å². The van der Waals surface area contributed by atoms with Crippen LogP contribution in [0.5, 0.6) is 0 Å². The Hall–Kier alpha value is -2.39. The normalized spacial score (nSPS) is 15.2. The van der Waals surface area contributed by atoms with E-state index in [0.717, 1.165) is 26.2 Å². The smallest absolute Gasteiger partial charge is 0.227 e. The topological polar surface area (TPSA) is 78.0 Å². The molecule has 0 amide bonds. The van der Waals surface area contributed by atoms with Crippen molar-refractivity contribution in [2.45, 2.75) is 0 Å². The summed E-state index contributed by atoms with van der Waals surface area (Å²) in [6.07, 6.45) is 1.59. The van der Waals surface area contributed by atoms with E-state index in [1.165, 1.54) is 0 Å². The van der Waals surface area contributed by atoms with Gasteiger partial charge in [-0.05, 0) is 12.1 Å². The Labute approximate surface area is 110 Å². The number of nitrogens with zero attached hydrogens (tertiary/aromatic N) is 4. The molecule has 0 saturated carbocycles. The molecule has 96 valence electrons. The second kappa shape index (κ2) is 5.08. The molecule has 0 bridgehead atoms. The van der Waals surface area contributed by atoms with Gasteiger partial charge in [0.1, 0.15) is 17.5 Å². The van der Waals surface area contributed by atoms with E-state index in [-0.39, 0.29) is 0 Å². The highest BCUT2D eigenvalue weighted by Gasteiger charge is 2.16. The number of nitriles is 1. The van der Waals surface area contributed by atoms with Gasteiger partial charge in [0.05, 0.1) is 6.26 Å². The molecular weight excluding hydrogens is 242 g/mol. The summed E-state index contributed by atoms with van der Waals surface area (Å²) >= 11 is 0. The third-order valence-electron chi connectivity index (χ3n) is 3.00. The molecule has 0 unspecified atom stereocenters.